The summed E-state index contributed by atoms with van der Waals surface area (Å²) in [6, 6.07) is 17.4. The monoisotopic (exact) mass is 603 g/mol. The molecule has 0 bridgehead atoms. The zero-order chi connectivity index (χ0) is 29.6. The Morgan fingerprint density at radius 1 is 1.00 bits per heavy atom. The van der Waals surface area contributed by atoms with Gasteiger partial charge in [0.2, 0.25) is 5.91 Å². The van der Waals surface area contributed by atoms with Gasteiger partial charge in [0, 0.05) is 0 Å². The van der Waals surface area contributed by atoms with Gasteiger partial charge in [-0.2, -0.15) is 13.2 Å². The standard InChI is InChI=1S/C28H25ClF3N5O3S/c1-17-8-9-18(2)23(12-17)37-24(14-33-25(38)15-40-20-6-4-3-5-7-20)35-36-27(37)41-16-26(39)34-22-13-19(28(30,31)32)10-11-21(22)29/h3-13H,14-16H2,1-2H3,(H,33,38)(H,34,39). The third-order valence-corrected chi connectivity index (χ3v) is 7.02. The van der Waals surface area contributed by atoms with Crippen LogP contribution in [0.3, 0.4) is 0 Å². The number of para-hydroxylation sites is 1. The molecule has 0 atom stereocenters. The molecule has 0 aliphatic heterocycles. The number of aromatic nitrogens is 3. The minimum Gasteiger partial charge on any atom is -0.484 e. The molecular weight excluding hydrogens is 579 g/mol. The van der Waals surface area contributed by atoms with Crippen LogP contribution in [0.1, 0.15) is 22.5 Å². The summed E-state index contributed by atoms with van der Waals surface area (Å²) in [6.45, 7) is 3.67. The van der Waals surface area contributed by atoms with Gasteiger partial charge in [0.25, 0.3) is 5.91 Å². The van der Waals surface area contributed by atoms with Gasteiger partial charge in [-0.25, -0.2) is 0 Å². The molecule has 0 saturated carbocycles. The Kier molecular flexibility index (Phi) is 9.56. The van der Waals surface area contributed by atoms with Crippen LogP contribution < -0.4 is 15.4 Å². The number of aryl methyl sites for hydroxylation is 2. The Balaban J connectivity index is 1.48. The molecule has 214 valence electrons. The summed E-state index contributed by atoms with van der Waals surface area (Å²) in [5, 5.41) is 14.0. The van der Waals surface area contributed by atoms with E-state index >= 15 is 0 Å². The predicted molar refractivity (Wildman–Crippen MR) is 150 cm³/mol. The van der Waals surface area contributed by atoms with Crippen molar-refractivity contribution in [2.75, 3.05) is 17.7 Å². The van der Waals surface area contributed by atoms with Crippen molar-refractivity contribution in [1.82, 2.24) is 20.1 Å². The van der Waals surface area contributed by atoms with Gasteiger partial charge >= 0.3 is 6.18 Å². The van der Waals surface area contributed by atoms with E-state index in [2.05, 4.69) is 20.8 Å². The number of thioether (sulfide) groups is 1. The van der Waals surface area contributed by atoms with E-state index in [9.17, 15) is 22.8 Å². The number of nitrogens with one attached hydrogen (secondary N) is 2. The van der Waals surface area contributed by atoms with E-state index in [1.165, 1.54) is 0 Å². The molecule has 0 fully saturated rings. The molecule has 8 nitrogen and oxygen atoms in total. The normalized spacial score (nSPS) is 11.3. The largest absolute Gasteiger partial charge is 0.484 e. The Morgan fingerprint density at radius 3 is 2.49 bits per heavy atom. The van der Waals surface area contributed by atoms with Gasteiger partial charge in [-0.05, 0) is 61.4 Å². The minimum atomic E-state index is -4.58. The lowest BCUT2D eigenvalue weighted by Crippen LogP contribution is -2.29. The van der Waals surface area contributed by atoms with Crippen molar-refractivity contribution >= 4 is 40.9 Å². The number of benzene rings is 3. The third-order valence-electron chi connectivity index (χ3n) is 5.76. The number of hydrogen-bond donors (Lipinski definition) is 2. The molecule has 2 N–H and O–H groups in total. The lowest BCUT2D eigenvalue weighted by Gasteiger charge is -2.14. The Labute approximate surface area is 243 Å². The fourth-order valence-corrected chi connectivity index (χ4v) is 4.65. The number of amides is 2. The number of rotatable bonds is 10. The molecule has 2 amide bonds. The average Bonchev–Trinajstić information content (AvgIpc) is 3.34. The lowest BCUT2D eigenvalue weighted by atomic mass is 10.1. The van der Waals surface area contributed by atoms with Crippen LogP contribution in [0, 0.1) is 13.8 Å². The summed E-state index contributed by atoms with van der Waals surface area (Å²) >= 11 is 7.04. The SMILES string of the molecule is Cc1ccc(C)c(-n2c(CNC(=O)COc3ccccc3)nnc2SCC(=O)Nc2cc(C(F)(F)F)ccc2Cl)c1. The highest BCUT2D eigenvalue weighted by molar-refractivity contribution is 7.99. The van der Waals surface area contributed by atoms with E-state index in [4.69, 9.17) is 16.3 Å². The lowest BCUT2D eigenvalue weighted by molar-refractivity contribution is -0.137. The molecule has 41 heavy (non-hydrogen) atoms. The maximum absolute atomic E-state index is 13.1. The van der Waals surface area contributed by atoms with Crippen LogP contribution in [0.2, 0.25) is 5.02 Å². The maximum atomic E-state index is 13.1. The molecule has 0 aliphatic rings. The first-order valence-electron chi connectivity index (χ1n) is 12.3. The molecule has 0 radical (unpaired) electrons. The van der Waals surface area contributed by atoms with Gasteiger partial charge in [0.05, 0.1) is 34.3 Å². The molecule has 0 aliphatic carbocycles. The Hall–Kier alpha value is -4.03. The second-order valence-electron chi connectivity index (χ2n) is 8.93. The molecule has 13 heteroatoms. The number of hydrogen-bond acceptors (Lipinski definition) is 6. The van der Waals surface area contributed by atoms with Crippen molar-refractivity contribution in [3.8, 4) is 11.4 Å². The van der Waals surface area contributed by atoms with Crippen molar-refractivity contribution in [2.45, 2.75) is 31.7 Å². The highest BCUT2D eigenvalue weighted by atomic mass is 35.5. The van der Waals surface area contributed by atoms with E-state index in [0.29, 0.717) is 16.7 Å². The first-order valence-corrected chi connectivity index (χ1v) is 13.6. The zero-order valence-corrected chi connectivity index (χ0v) is 23.5. The molecule has 3 aromatic carbocycles. The maximum Gasteiger partial charge on any atom is 0.416 e. The second-order valence-corrected chi connectivity index (χ2v) is 10.3. The number of nitrogens with zero attached hydrogens (tertiary/aromatic N) is 3. The number of anilines is 1. The zero-order valence-electron chi connectivity index (χ0n) is 22.0. The molecule has 0 spiro atoms. The number of carbonyl (C=O) groups excluding carboxylic acids is 2. The van der Waals surface area contributed by atoms with Crippen molar-refractivity contribution in [3.05, 3.63) is 94.3 Å². The molecule has 0 unspecified atom stereocenters. The quantitative estimate of drug-likeness (QED) is 0.216. The Morgan fingerprint density at radius 2 is 1.76 bits per heavy atom. The molecule has 1 aromatic heterocycles. The van der Waals surface area contributed by atoms with Crippen molar-refractivity contribution in [2.24, 2.45) is 0 Å². The van der Waals surface area contributed by atoms with Gasteiger partial charge < -0.3 is 15.4 Å². The van der Waals surface area contributed by atoms with Crippen LogP contribution in [-0.2, 0) is 22.3 Å². The number of carbonyl (C=O) groups is 2. The first-order chi connectivity index (χ1) is 19.5. The van der Waals surface area contributed by atoms with Crippen LogP contribution >= 0.6 is 23.4 Å². The fraction of sp³-hybridized carbons (Fsp3) is 0.214. The highest BCUT2D eigenvalue weighted by Crippen LogP contribution is 2.34. The van der Waals surface area contributed by atoms with Gasteiger partial charge in [-0.3, -0.25) is 14.2 Å². The van der Waals surface area contributed by atoms with Gasteiger partial charge in [0.1, 0.15) is 5.75 Å². The summed E-state index contributed by atoms with van der Waals surface area (Å²) < 4.78 is 46.5. The second kappa shape index (κ2) is 13.1. The van der Waals surface area contributed by atoms with E-state index in [0.717, 1.165) is 46.8 Å². The highest BCUT2D eigenvalue weighted by Gasteiger charge is 2.31. The van der Waals surface area contributed by atoms with Gasteiger partial charge in [0.15, 0.2) is 17.6 Å². The van der Waals surface area contributed by atoms with Crippen LogP contribution in [0.4, 0.5) is 18.9 Å². The smallest absolute Gasteiger partial charge is 0.416 e. The van der Waals surface area contributed by atoms with Crippen molar-refractivity contribution in [1.29, 1.82) is 0 Å². The van der Waals surface area contributed by atoms with E-state index in [-0.39, 0.29) is 35.5 Å². The molecule has 4 rings (SSSR count). The van der Waals surface area contributed by atoms with Crippen LogP contribution in [-0.4, -0.2) is 38.9 Å². The average molecular weight is 604 g/mol. The predicted octanol–water partition coefficient (Wildman–Crippen LogP) is 5.98. The summed E-state index contributed by atoms with van der Waals surface area (Å²) in [4.78, 5) is 25.1. The summed E-state index contributed by atoms with van der Waals surface area (Å²) in [7, 11) is 0. The van der Waals surface area contributed by atoms with Crippen molar-refractivity contribution in [3.63, 3.8) is 0 Å². The Bertz CT molecular complexity index is 1550. The molecule has 1 heterocycles. The topological polar surface area (TPSA) is 98.1 Å². The van der Waals surface area contributed by atoms with E-state index < -0.39 is 17.6 Å². The van der Waals surface area contributed by atoms with Gasteiger partial charge in [-0.15, -0.1) is 10.2 Å². The number of alkyl halides is 3. The fourth-order valence-electron chi connectivity index (χ4n) is 3.72. The van der Waals surface area contributed by atoms with Crippen LogP contribution in [0.25, 0.3) is 5.69 Å². The first kappa shape index (κ1) is 29.9. The summed E-state index contributed by atoms with van der Waals surface area (Å²) in [6.07, 6.45) is -4.58. The van der Waals surface area contributed by atoms with E-state index in [1.54, 1.807) is 28.8 Å². The summed E-state index contributed by atoms with van der Waals surface area (Å²) in [5.74, 6) is -0.164. The van der Waals surface area contributed by atoms with Crippen LogP contribution in [0.15, 0.2) is 71.9 Å². The number of halogens is 4. The van der Waals surface area contributed by atoms with Crippen LogP contribution in [0.5, 0.6) is 5.75 Å². The minimum absolute atomic E-state index is 0.0239. The van der Waals surface area contributed by atoms with Gasteiger partial charge in [-0.1, -0.05) is 53.7 Å². The molecular formula is C28H25ClF3N5O3S. The van der Waals surface area contributed by atoms with Crippen molar-refractivity contribution < 1.29 is 27.5 Å². The summed E-state index contributed by atoms with van der Waals surface area (Å²) in [5.41, 5.74) is 1.55. The molecule has 0 saturated heterocycles. The van der Waals surface area contributed by atoms with E-state index in [1.807, 2.05) is 38.1 Å². The number of ether oxygens (including phenoxy) is 1. The molecule has 4 aromatic rings. The third kappa shape index (κ3) is 8.01.